The number of hydrogen-bond acceptors (Lipinski definition) is 6. The van der Waals surface area contributed by atoms with E-state index in [-0.39, 0.29) is 23.0 Å². The van der Waals surface area contributed by atoms with Gasteiger partial charge in [0.05, 0.1) is 23.2 Å². The number of carbonyl (C=O) groups is 1. The van der Waals surface area contributed by atoms with E-state index in [0.717, 1.165) is 41.6 Å². The topological polar surface area (TPSA) is 138 Å². The lowest BCUT2D eigenvalue weighted by atomic mass is 9.74. The summed E-state index contributed by atoms with van der Waals surface area (Å²) in [5, 5.41) is 1.52. The molecular weight excluding hydrogens is 494 g/mol. The zero-order chi connectivity index (χ0) is 26.0. The van der Waals surface area contributed by atoms with E-state index >= 15 is 0 Å². The van der Waals surface area contributed by atoms with Crippen LogP contribution in [0, 0.1) is 0 Å². The first-order valence-corrected chi connectivity index (χ1v) is 14.5. The molecule has 0 radical (unpaired) electrons. The molecule has 2 aromatic carbocycles. The van der Waals surface area contributed by atoms with Crippen molar-refractivity contribution in [3.63, 3.8) is 0 Å². The van der Waals surface area contributed by atoms with Gasteiger partial charge in [-0.2, -0.15) is 21.4 Å². The van der Waals surface area contributed by atoms with Crippen LogP contribution in [-0.2, 0) is 35.2 Å². The second kappa shape index (κ2) is 10.3. The minimum absolute atomic E-state index is 0.193. The third kappa shape index (κ3) is 6.08. The van der Waals surface area contributed by atoms with E-state index in [1.165, 1.54) is 19.2 Å². The van der Waals surface area contributed by atoms with Crippen molar-refractivity contribution in [2.75, 3.05) is 19.4 Å². The van der Waals surface area contributed by atoms with Crippen molar-refractivity contribution in [3.8, 4) is 0 Å². The third-order valence-corrected chi connectivity index (χ3v) is 8.54. The smallest absolute Gasteiger partial charge is 0.305 e. The Hall–Kier alpha value is -2.34. The lowest BCUT2D eigenvalue weighted by Crippen LogP contribution is -2.31. The monoisotopic (exact) mass is 526 g/mol. The molecule has 2 N–H and O–H groups in total. The Labute approximate surface area is 206 Å². The minimum atomic E-state index is -4.40. The Balaban J connectivity index is 2.04. The van der Waals surface area contributed by atoms with Gasteiger partial charge in [0, 0.05) is 31.4 Å². The first kappa shape index (κ1) is 27.3. The van der Waals surface area contributed by atoms with Gasteiger partial charge in [-0.15, -0.1) is 0 Å². The number of rotatable bonds is 11. The second-order valence-corrected chi connectivity index (χ2v) is 12.2. The molecule has 1 heterocycles. The van der Waals surface area contributed by atoms with Crippen molar-refractivity contribution in [2.24, 2.45) is 0 Å². The minimum Gasteiger partial charge on any atom is -0.469 e. The summed E-state index contributed by atoms with van der Waals surface area (Å²) in [6.07, 6.45) is 3.57. The van der Waals surface area contributed by atoms with Gasteiger partial charge in [0.25, 0.3) is 20.2 Å². The summed E-state index contributed by atoms with van der Waals surface area (Å²) >= 11 is 0. The summed E-state index contributed by atoms with van der Waals surface area (Å²) in [4.78, 5) is 11.2. The second-order valence-electron chi connectivity index (χ2n) is 9.16. The average Bonchev–Trinajstić information content (AvgIpc) is 2.99. The highest BCUT2D eigenvalue weighted by molar-refractivity contribution is 7.86. The van der Waals surface area contributed by atoms with Gasteiger partial charge >= 0.3 is 5.97 Å². The van der Waals surface area contributed by atoms with Gasteiger partial charge in [0.15, 0.2) is 5.71 Å². The van der Waals surface area contributed by atoms with Crippen LogP contribution in [0.15, 0.2) is 35.2 Å². The third-order valence-electron chi connectivity index (χ3n) is 6.88. The molecule has 192 valence electrons. The lowest BCUT2D eigenvalue weighted by Gasteiger charge is -2.24. The van der Waals surface area contributed by atoms with Crippen molar-refractivity contribution in [3.05, 3.63) is 35.9 Å². The molecule has 0 saturated carbocycles. The summed E-state index contributed by atoms with van der Waals surface area (Å²) in [5.74, 6) is -0.615. The van der Waals surface area contributed by atoms with Gasteiger partial charge in [-0.25, -0.2) is 0 Å². The first-order valence-electron chi connectivity index (χ1n) is 11.5. The normalized spacial score (nSPS) is 18.2. The number of ether oxygens (including phenoxy) is 1. The Bertz CT molecular complexity index is 1380. The van der Waals surface area contributed by atoms with Crippen LogP contribution in [0.5, 0.6) is 0 Å². The summed E-state index contributed by atoms with van der Waals surface area (Å²) < 4.78 is 71.7. The Kier molecular flexibility index (Phi) is 8.05. The van der Waals surface area contributed by atoms with E-state index in [1.807, 2.05) is 23.6 Å². The molecule has 0 aromatic heterocycles. The maximum atomic E-state index is 11.8. The van der Waals surface area contributed by atoms with E-state index in [2.05, 4.69) is 6.92 Å². The van der Waals surface area contributed by atoms with Crippen LogP contribution < -0.4 is 0 Å². The maximum absolute atomic E-state index is 11.8. The molecule has 0 amide bonds. The number of esters is 1. The number of nitrogens with zero attached hydrogens (tertiary/aromatic N) is 1. The summed E-state index contributed by atoms with van der Waals surface area (Å²) in [7, 11) is -7.13. The van der Waals surface area contributed by atoms with E-state index in [1.54, 1.807) is 6.07 Å². The van der Waals surface area contributed by atoms with Crippen LogP contribution in [0.25, 0.3) is 10.8 Å². The molecule has 1 atom stereocenters. The SMILES string of the molecule is COC(=O)CCCCCC1(C)C(C)=[N+](CCCS(=O)(=O)O)c2ccc3ccc(S(=O)(=O)O)cc3c21. The Morgan fingerprint density at radius 3 is 2.34 bits per heavy atom. The van der Waals surface area contributed by atoms with Crippen LogP contribution in [0.2, 0.25) is 0 Å². The molecular formula is C24H32NO8S2+. The molecule has 3 rings (SSSR count). The molecule has 0 spiro atoms. The number of benzene rings is 2. The first-order chi connectivity index (χ1) is 16.3. The zero-order valence-electron chi connectivity index (χ0n) is 20.2. The molecule has 35 heavy (non-hydrogen) atoms. The fraction of sp³-hybridized carbons (Fsp3) is 0.500. The zero-order valence-corrected chi connectivity index (χ0v) is 21.8. The number of carbonyl (C=O) groups excluding carboxylic acids is 1. The van der Waals surface area contributed by atoms with Crippen molar-refractivity contribution in [1.29, 1.82) is 0 Å². The van der Waals surface area contributed by atoms with Crippen LogP contribution in [-0.4, -0.2) is 61.6 Å². The molecule has 11 heteroatoms. The van der Waals surface area contributed by atoms with Gasteiger partial charge in [-0.3, -0.25) is 13.9 Å². The van der Waals surface area contributed by atoms with Gasteiger partial charge in [-0.1, -0.05) is 18.9 Å². The molecule has 0 bridgehead atoms. The van der Waals surface area contributed by atoms with Gasteiger partial charge in [0.2, 0.25) is 5.69 Å². The largest absolute Gasteiger partial charge is 0.469 e. The van der Waals surface area contributed by atoms with Crippen molar-refractivity contribution >= 4 is 48.4 Å². The molecule has 2 aromatic rings. The van der Waals surface area contributed by atoms with E-state index in [4.69, 9.17) is 9.29 Å². The molecule has 1 aliphatic rings. The number of fused-ring (bicyclic) bond motifs is 3. The summed E-state index contributed by atoms with van der Waals surface area (Å²) in [6, 6.07) is 8.31. The lowest BCUT2D eigenvalue weighted by molar-refractivity contribution is -0.438. The van der Waals surface area contributed by atoms with Crippen molar-refractivity contribution < 1.29 is 40.0 Å². The molecule has 9 nitrogen and oxygen atoms in total. The Morgan fingerprint density at radius 2 is 1.71 bits per heavy atom. The van der Waals surface area contributed by atoms with E-state index in [9.17, 15) is 26.2 Å². The van der Waals surface area contributed by atoms with Crippen LogP contribution in [0.3, 0.4) is 0 Å². The fourth-order valence-corrected chi connectivity index (χ4v) is 5.94. The van der Waals surface area contributed by atoms with Gasteiger partial charge in [0.1, 0.15) is 6.54 Å². The predicted molar refractivity (Wildman–Crippen MR) is 133 cm³/mol. The predicted octanol–water partition coefficient (Wildman–Crippen LogP) is 3.86. The maximum Gasteiger partial charge on any atom is 0.305 e. The summed E-state index contributed by atoms with van der Waals surface area (Å²) in [6.45, 7) is 4.41. The Morgan fingerprint density at radius 1 is 1.03 bits per heavy atom. The molecule has 1 unspecified atom stereocenters. The molecule has 0 fully saturated rings. The summed E-state index contributed by atoms with van der Waals surface area (Å²) in [5.41, 5.74) is 2.25. The van der Waals surface area contributed by atoms with Gasteiger partial charge in [-0.05, 0) is 48.7 Å². The number of methoxy groups -OCH3 is 1. The standard InChI is InChI=1S/C24H31NO8S2/c1-17-24(2,13-6-4-5-8-22(26)33-3)23-20-16-19(35(30,31)32)11-9-18(20)10-12-21(23)25(17)14-7-15-34(27,28)29/h9-12,16H,4-8,13-15H2,1-3H3,(H-,27,28,29,30,31,32)/p+1. The fourth-order valence-electron chi connectivity index (χ4n) is 4.94. The van der Waals surface area contributed by atoms with Crippen molar-refractivity contribution in [1.82, 2.24) is 0 Å². The van der Waals surface area contributed by atoms with Crippen molar-refractivity contribution in [2.45, 2.75) is 62.7 Å². The van der Waals surface area contributed by atoms with Crippen LogP contribution in [0.4, 0.5) is 5.69 Å². The number of unbranched alkanes of at least 4 members (excludes halogenated alkanes) is 2. The highest BCUT2D eigenvalue weighted by atomic mass is 32.2. The van der Waals surface area contributed by atoms with E-state index < -0.39 is 25.7 Å². The number of hydrogen-bond donors (Lipinski definition) is 2. The van der Waals surface area contributed by atoms with Crippen LogP contribution >= 0.6 is 0 Å². The van der Waals surface area contributed by atoms with Gasteiger partial charge < -0.3 is 4.74 Å². The highest BCUT2D eigenvalue weighted by Crippen LogP contribution is 2.47. The van der Waals surface area contributed by atoms with Crippen LogP contribution in [0.1, 0.15) is 57.9 Å². The molecule has 1 aliphatic heterocycles. The molecule has 0 aliphatic carbocycles. The van der Waals surface area contributed by atoms with E-state index in [0.29, 0.717) is 24.8 Å². The molecule has 0 saturated heterocycles. The average molecular weight is 527 g/mol. The highest BCUT2D eigenvalue weighted by Gasteiger charge is 2.47. The quantitative estimate of drug-likeness (QED) is 0.195.